The lowest BCUT2D eigenvalue weighted by Gasteiger charge is -1.97. The summed E-state index contributed by atoms with van der Waals surface area (Å²) in [7, 11) is 0. The third-order valence-electron chi connectivity index (χ3n) is 1.40. The van der Waals surface area contributed by atoms with Crippen molar-refractivity contribution in [2.45, 2.75) is 0 Å². The van der Waals surface area contributed by atoms with Crippen molar-refractivity contribution in [3.63, 3.8) is 0 Å². The van der Waals surface area contributed by atoms with Crippen LogP contribution in [0.3, 0.4) is 0 Å². The average Bonchev–Trinajstić information content (AvgIpc) is 2.53. The lowest BCUT2D eigenvalue weighted by molar-refractivity contribution is 0.314. The summed E-state index contributed by atoms with van der Waals surface area (Å²) < 4.78 is 14.1. The van der Waals surface area contributed by atoms with E-state index >= 15 is 0 Å². The first-order valence-electron chi connectivity index (χ1n) is 3.66. The normalized spacial score (nSPS) is 9.85. The Morgan fingerprint density at radius 1 is 1.15 bits per heavy atom. The molecule has 13 heavy (non-hydrogen) atoms. The standard InChI is InChI=1S/C9H6O4/c10-9-11-6-8(13-9)12-7-4-2-1-3-5-7/h1-6H. The third-order valence-corrected chi connectivity index (χ3v) is 1.40. The van der Waals surface area contributed by atoms with Crippen LogP contribution in [0.4, 0.5) is 0 Å². The number of ether oxygens (including phenoxy) is 1. The fourth-order valence-electron chi connectivity index (χ4n) is 0.876. The topological polar surface area (TPSA) is 52.6 Å². The molecule has 4 heteroatoms. The highest BCUT2D eigenvalue weighted by atomic mass is 16.7. The van der Waals surface area contributed by atoms with E-state index in [0.29, 0.717) is 5.75 Å². The molecule has 0 amide bonds. The van der Waals surface area contributed by atoms with Crippen LogP contribution in [0.2, 0.25) is 0 Å². The van der Waals surface area contributed by atoms with Gasteiger partial charge in [0.05, 0.1) is 0 Å². The number of hydrogen-bond donors (Lipinski definition) is 0. The molecule has 0 bridgehead atoms. The Kier molecular flexibility index (Phi) is 1.88. The van der Waals surface area contributed by atoms with Gasteiger partial charge in [-0.3, -0.25) is 0 Å². The molecule has 2 rings (SSSR count). The summed E-state index contributed by atoms with van der Waals surface area (Å²) in [6, 6.07) is 8.97. The summed E-state index contributed by atoms with van der Waals surface area (Å²) in [5.41, 5.74) is 0. The SMILES string of the molecule is O=c1occ(Oc2ccccc2)o1. The van der Waals surface area contributed by atoms with Crippen LogP contribution in [0.15, 0.2) is 50.2 Å². The summed E-state index contributed by atoms with van der Waals surface area (Å²) in [6.07, 6.45) is 1.12. The minimum Gasteiger partial charge on any atom is -0.424 e. The van der Waals surface area contributed by atoms with Crippen molar-refractivity contribution < 1.29 is 13.6 Å². The first-order chi connectivity index (χ1) is 6.34. The molecule has 1 aromatic heterocycles. The molecule has 0 saturated carbocycles. The van der Waals surface area contributed by atoms with Gasteiger partial charge in [-0.15, -0.1) is 0 Å². The first kappa shape index (κ1) is 7.67. The summed E-state index contributed by atoms with van der Waals surface area (Å²) in [6.45, 7) is 0. The van der Waals surface area contributed by atoms with Crippen LogP contribution in [0.5, 0.6) is 11.7 Å². The first-order valence-corrected chi connectivity index (χ1v) is 3.66. The van der Waals surface area contributed by atoms with E-state index in [1.54, 1.807) is 12.1 Å². The van der Waals surface area contributed by atoms with Gasteiger partial charge in [-0.2, -0.15) is 0 Å². The van der Waals surface area contributed by atoms with Crippen molar-refractivity contribution in [2.75, 3.05) is 0 Å². The zero-order chi connectivity index (χ0) is 9.10. The van der Waals surface area contributed by atoms with Crippen molar-refractivity contribution >= 4 is 0 Å². The van der Waals surface area contributed by atoms with Crippen LogP contribution >= 0.6 is 0 Å². The smallest absolute Gasteiger partial charge is 0.424 e. The molecule has 0 aliphatic rings. The molecule has 0 aliphatic heterocycles. The Morgan fingerprint density at radius 3 is 2.54 bits per heavy atom. The molecule has 0 spiro atoms. The largest absolute Gasteiger partial charge is 0.521 e. The summed E-state index contributed by atoms with van der Waals surface area (Å²) in [5, 5.41) is 0. The molecule has 0 saturated heterocycles. The second-order valence-corrected chi connectivity index (χ2v) is 2.32. The van der Waals surface area contributed by atoms with E-state index in [2.05, 4.69) is 8.83 Å². The van der Waals surface area contributed by atoms with Crippen LogP contribution in [0, 0.1) is 0 Å². The molecule has 1 aromatic carbocycles. The maximum atomic E-state index is 10.5. The molecule has 0 atom stereocenters. The lowest BCUT2D eigenvalue weighted by atomic mass is 10.3. The maximum Gasteiger partial charge on any atom is 0.521 e. The zero-order valence-corrected chi connectivity index (χ0v) is 6.60. The van der Waals surface area contributed by atoms with Gasteiger partial charge in [0.2, 0.25) is 0 Å². The molecule has 0 aliphatic carbocycles. The maximum absolute atomic E-state index is 10.5. The van der Waals surface area contributed by atoms with Crippen LogP contribution < -0.4 is 10.6 Å². The fraction of sp³-hybridized carbons (Fsp3) is 0. The number of para-hydroxylation sites is 1. The second kappa shape index (κ2) is 3.18. The van der Waals surface area contributed by atoms with Gasteiger partial charge in [0.15, 0.2) is 6.26 Å². The molecule has 1 heterocycles. The minimum absolute atomic E-state index is 0.0520. The van der Waals surface area contributed by atoms with Gasteiger partial charge in [-0.1, -0.05) is 18.2 Å². The van der Waals surface area contributed by atoms with Gasteiger partial charge in [0.25, 0.3) is 0 Å². The molecule has 66 valence electrons. The Bertz CT molecular complexity index is 426. The van der Waals surface area contributed by atoms with Crippen molar-refractivity contribution in [2.24, 2.45) is 0 Å². The van der Waals surface area contributed by atoms with Crippen LogP contribution in [-0.4, -0.2) is 0 Å². The van der Waals surface area contributed by atoms with E-state index in [1.165, 1.54) is 0 Å². The molecular weight excluding hydrogens is 172 g/mol. The third kappa shape index (κ3) is 1.79. The van der Waals surface area contributed by atoms with Gasteiger partial charge in [0.1, 0.15) is 5.75 Å². The van der Waals surface area contributed by atoms with E-state index < -0.39 is 5.82 Å². The Balaban J connectivity index is 2.20. The molecule has 2 aromatic rings. The van der Waals surface area contributed by atoms with E-state index in [-0.39, 0.29) is 5.95 Å². The van der Waals surface area contributed by atoms with Crippen molar-refractivity contribution in [3.05, 3.63) is 47.2 Å². The fourth-order valence-corrected chi connectivity index (χ4v) is 0.876. The Hall–Kier alpha value is -1.97. The van der Waals surface area contributed by atoms with Crippen LogP contribution in [0.1, 0.15) is 0 Å². The van der Waals surface area contributed by atoms with Gasteiger partial charge in [0, 0.05) is 0 Å². The van der Waals surface area contributed by atoms with Gasteiger partial charge < -0.3 is 13.6 Å². The van der Waals surface area contributed by atoms with Gasteiger partial charge in [-0.05, 0) is 12.1 Å². The average molecular weight is 178 g/mol. The highest BCUT2D eigenvalue weighted by molar-refractivity contribution is 5.24. The Labute approximate surface area is 73.4 Å². The quantitative estimate of drug-likeness (QED) is 0.705. The van der Waals surface area contributed by atoms with Crippen molar-refractivity contribution in [1.29, 1.82) is 0 Å². The molecule has 4 nitrogen and oxygen atoms in total. The van der Waals surface area contributed by atoms with Gasteiger partial charge >= 0.3 is 11.8 Å². The van der Waals surface area contributed by atoms with Crippen molar-refractivity contribution in [1.82, 2.24) is 0 Å². The van der Waals surface area contributed by atoms with Gasteiger partial charge in [-0.25, -0.2) is 4.79 Å². The predicted molar refractivity (Wildman–Crippen MR) is 43.8 cm³/mol. The highest BCUT2D eigenvalue weighted by Crippen LogP contribution is 2.18. The molecule has 0 radical (unpaired) electrons. The monoisotopic (exact) mass is 178 g/mol. The second-order valence-electron chi connectivity index (χ2n) is 2.32. The van der Waals surface area contributed by atoms with Crippen molar-refractivity contribution in [3.8, 4) is 11.7 Å². The summed E-state index contributed by atoms with van der Waals surface area (Å²) in [4.78, 5) is 10.5. The molecule has 0 fully saturated rings. The summed E-state index contributed by atoms with van der Waals surface area (Å²) in [5.74, 6) is -0.130. The number of hydrogen-bond acceptors (Lipinski definition) is 4. The van der Waals surface area contributed by atoms with E-state index in [4.69, 9.17) is 4.74 Å². The van der Waals surface area contributed by atoms with Crippen LogP contribution in [-0.2, 0) is 0 Å². The molecular formula is C9H6O4. The van der Waals surface area contributed by atoms with E-state index in [1.807, 2.05) is 18.2 Å². The lowest BCUT2D eigenvalue weighted by Crippen LogP contribution is -1.86. The number of rotatable bonds is 2. The minimum atomic E-state index is -0.772. The summed E-state index contributed by atoms with van der Waals surface area (Å²) >= 11 is 0. The zero-order valence-electron chi connectivity index (χ0n) is 6.60. The van der Waals surface area contributed by atoms with E-state index in [9.17, 15) is 4.79 Å². The molecule has 0 N–H and O–H groups in total. The van der Waals surface area contributed by atoms with E-state index in [0.717, 1.165) is 6.26 Å². The molecule has 0 unspecified atom stereocenters. The van der Waals surface area contributed by atoms with Crippen LogP contribution in [0.25, 0.3) is 0 Å². The Morgan fingerprint density at radius 2 is 1.92 bits per heavy atom. The number of benzene rings is 1. The highest BCUT2D eigenvalue weighted by Gasteiger charge is 2.02. The predicted octanol–water partition coefficient (Wildman–Crippen LogP) is 2.03.